The van der Waals surface area contributed by atoms with E-state index in [1.54, 1.807) is 0 Å². The molecule has 0 radical (unpaired) electrons. The minimum atomic E-state index is -2.13. The van der Waals surface area contributed by atoms with Gasteiger partial charge in [-0.3, -0.25) is 0 Å². The second kappa shape index (κ2) is 8.27. The maximum atomic E-state index is 6.06. The van der Waals surface area contributed by atoms with E-state index in [1.807, 2.05) is 24.3 Å². The summed E-state index contributed by atoms with van der Waals surface area (Å²) in [5.41, 5.74) is 21.3. The third-order valence-electron chi connectivity index (χ3n) is 6.52. The monoisotopic (exact) mass is 444 g/mol. The minimum absolute atomic E-state index is 0.785. The third-order valence-corrected chi connectivity index (χ3v) is 10.1. The van der Waals surface area contributed by atoms with Gasteiger partial charge in [0.15, 0.2) is 0 Å². The Balaban J connectivity index is 1.90. The molecule has 0 atom stereocenters. The van der Waals surface area contributed by atoms with Crippen LogP contribution in [0.15, 0.2) is 109 Å². The molecule has 4 aromatic rings. The molecule has 0 spiro atoms. The van der Waals surface area contributed by atoms with Crippen LogP contribution in [0.5, 0.6) is 0 Å². The molecule has 4 N–H and O–H groups in total. The smallest absolute Gasteiger partial charge is 0.115 e. The van der Waals surface area contributed by atoms with Crippen LogP contribution < -0.4 is 11.5 Å². The van der Waals surface area contributed by atoms with E-state index in [1.165, 1.54) is 43.8 Å². The molecule has 0 aromatic heterocycles. The van der Waals surface area contributed by atoms with Gasteiger partial charge >= 0.3 is 0 Å². The molecule has 1 aliphatic rings. The molecule has 1 heterocycles. The van der Waals surface area contributed by atoms with E-state index in [0.717, 1.165) is 11.4 Å². The quantitative estimate of drug-likeness (QED) is 0.259. The van der Waals surface area contributed by atoms with Crippen LogP contribution in [-0.4, -0.2) is 8.07 Å². The first-order valence-corrected chi connectivity index (χ1v) is 14.3. The zero-order valence-corrected chi connectivity index (χ0v) is 20.0. The van der Waals surface area contributed by atoms with Crippen molar-refractivity contribution in [2.24, 2.45) is 0 Å². The van der Waals surface area contributed by atoms with Gasteiger partial charge in [-0.25, -0.2) is 0 Å². The number of allylic oxidation sites excluding steroid dienone is 2. The van der Waals surface area contributed by atoms with Crippen LogP contribution >= 0.6 is 0 Å². The lowest BCUT2D eigenvalue weighted by atomic mass is 9.89. The van der Waals surface area contributed by atoms with Crippen molar-refractivity contribution in [3.63, 3.8) is 0 Å². The molecule has 5 rings (SSSR count). The van der Waals surface area contributed by atoms with Crippen molar-refractivity contribution in [2.45, 2.75) is 13.1 Å². The Labute approximate surface area is 196 Å². The molecule has 4 aromatic carbocycles. The molecule has 1 aliphatic heterocycles. The van der Waals surface area contributed by atoms with Crippen LogP contribution in [0.3, 0.4) is 0 Å². The average Bonchev–Trinajstić information content (AvgIpc) is 3.08. The van der Waals surface area contributed by atoms with E-state index in [2.05, 4.69) is 98.0 Å². The molecule has 0 bridgehead atoms. The lowest BCUT2D eigenvalue weighted by Gasteiger charge is -2.26. The van der Waals surface area contributed by atoms with Crippen molar-refractivity contribution in [1.82, 2.24) is 0 Å². The minimum Gasteiger partial charge on any atom is -0.399 e. The molecule has 0 saturated carbocycles. The van der Waals surface area contributed by atoms with Gasteiger partial charge in [-0.1, -0.05) is 98.0 Å². The molecule has 2 nitrogen and oxygen atoms in total. The third kappa shape index (κ3) is 3.71. The summed E-state index contributed by atoms with van der Waals surface area (Å²) in [7, 11) is -2.13. The lowest BCUT2D eigenvalue weighted by molar-refractivity contribution is 1.58. The normalized spacial score (nSPS) is 15.2. The Morgan fingerprint density at radius 1 is 0.424 bits per heavy atom. The standard InChI is InChI=1S/C30H28N2Si/c1-33(2)29(23-13-17-25(31)18-14-23)27(21-9-5-3-6-10-21)28(22-11-7-4-8-12-22)30(33)24-15-19-26(32)20-16-24/h3-20H,31-32H2,1-2H3. The number of hydrogen-bond acceptors (Lipinski definition) is 2. The topological polar surface area (TPSA) is 52.0 Å². The van der Waals surface area contributed by atoms with Crippen LogP contribution in [0, 0.1) is 0 Å². The molecule has 33 heavy (non-hydrogen) atoms. The summed E-state index contributed by atoms with van der Waals surface area (Å²) in [5, 5.41) is 2.89. The Bertz CT molecular complexity index is 1240. The summed E-state index contributed by atoms with van der Waals surface area (Å²) in [6, 6.07) is 38.3. The molecule has 162 valence electrons. The van der Waals surface area contributed by atoms with E-state index in [0.29, 0.717) is 0 Å². The Kier molecular flexibility index (Phi) is 5.27. The predicted octanol–water partition coefficient (Wildman–Crippen LogP) is 7.17. The van der Waals surface area contributed by atoms with Crippen LogP contribution in [0.1, 0.15) is 22.3 Å². The Morgan fingerprint density at radius 2 is 0.758 bits per heavy atom. The van der Waals surface area contributed by atoms with Crippen molar-refractivity contribution >= 4 is 41.0 Å². The highest BCUT2D eigenvalue weighted by Crippen LogP contribution is 2.55. The summed E-state index contributed by atoms with van der Waals surface area (Å²) in [4.78, 5) is 0. The first kappa shape index (κ1) is 21.0. The fourth-order valence-corrected chi connectivity index (χ4v) is 8.91. The number of benzene rings is 4. The number of rotatable bonds is 4. The number of nitrogen functional groups attached to an aromatic ring is 2. The van der Waals surface area contributed by atoms with E-state index in [4.69, 9.17) is 11.5 Å². The first-order chi connectivity index (χ1) is 16.0. The second-order valence-electron chi connectivity index (χ2n) is 9.10. The van der Waals surface area contributed by atoms with Crippen molar-refractivity contribution in [3.05, 3.63) is 131 Å². The van der Waals surface area contributed by atoms with Gasteiger partial charge in [-0.05, 0) is 68.1 Å². The Morgan fingerprint density at radius 3 is 1.09 bits per heavy atom. The molecule has 0 saturated heterocycles. The zero-order valence-electron chi connectivity index (χ0n) is 19.0. The van der Waals surface area contributed by atoms with E-state index in [9.17, 15) is 0 Å². The first-order valence-electron chi connectivity index (χ1n) is 11.3. The van der Waals surface area contributed by atoms with Crippen LogP contribution in [-0.2, 0) is 0 Å². The number of anilines is 2. The van der Waals surface area contributed by atoms with Gasteiger partial charge < -0.3 is 11.5 Å². The zero-order chi connectivity index (χ0) is 23.0. The second-order valence-corrected chi connectivity index (χ2v) is 13.4. The van der Waals surface area contributed by atoms with Gasteiger partial charge in [-0.15, -0.1) is 0 Å². The summed E-state index contributed by atoms with van der Waals surface area (Å²) in [6.07, 6.45) is 0. The van der Waals surface area contributed by atoms with Gasteiger partial charge in [0.1, 0.15) is 8.07 Å². The van der Waals surface area contributed by atoms with Crippen molar-refractivity contribution in [1.29, 1.82) is 0 Å². The molecule has 0 unspecified atom stereocenters. The van der Waals surface area contributed by atoms with Gasteiger partial charge in [0, 0.05) is 11.4 Å². The molecule has 3 heteroatoms. The highest BCUT2D eigenvalue weighted by atomic mass is 28.3. The Hall–Kier alpha value is -3.82. The van der Waals surface area contributed by atoms with E-state index < -0.39 is 8.07 Å². The number of hydrogen-bond donors (Lipinski definition) is 2. The van der Waals surface area contributed by atoms with Gasteiger partial charge in [0.25, 0.3) is 0 Å². The summed E-state index contributed by atoms with van der Waals surface area (Å²) < 4.78 is 0. The highest BCUT2D eigenvalue weighted by Gasteiger charge is 2.43. The molecular weight excluding hydrogens is 416 g/mol. The molecule has 0 amide bonds. The summed E-state index contributed by atoms with van der Waals surface area (Å²) in [6.45, 7) is 4.92. The van der Waals surface area contributed by atoms with Gasteiger partial charge in [0.2, 0.25) is 0 Å². The maximum Gasteiger partial charge on any atom is 0.115 e. The highest BCUT2D eigenvalue weighted by molar-refractivity contribution is 7.13. The maximum absolute atomic E-state index is 6.06. The average molecular weight is 445 g/mol. The van der Waals surface area contributed by atoms with Gasteiger partial charge in [0.05, 0.1) is 0 Å². The van der Waals surface area contributed by atoms with E-state index >= 15 is 0 Å². The lowest BCUT2D eigenvalue weighted by Crippen LogP contribution is -2.28. The SMILES string of the molecule is C[Si]1(C)C(c2ccc(N)cc2)=C(c2ccccc2)C(c2ccccc2)=C1c1ccc(N)cc1. The van der Waals surface area contributed by atoms with Crippen molar-refractivity contribution < 1.29 is 0 Å². The van der Waals surface area contributed by atoms with E-state index in [-0.39, 0.29) is 0 Å². The molecule has 0 aliphatic carbocycles. The molecular formula is C30H28N2Si. The fraction of sp³-hybridized carbons (Fsp3) is 0.0667. The van der Waals surface area contributed by atoms with Gasteiger partial charge in [-0.2, -0.15) is 0 Å². The van der Waals surface area contributed by atoms with Crippen LogP contribution in [0.25, 0.3) is 21.5 Å². The van der Waals surface area contributed by atoms with Crippen LogP contribution in [0.4, 0.5) is 11.4 Å². The fourth-order valence-electron chi connectivity index (χ4n) is 5.10. The predicted molar refractivity (Wildman–Crippen MR) is 146 cm³/mol. The number of nitrogens with two attached hydrogens (primary N) is 2. The van der Waals surface area contributed by atoms with Crippen LogP contribution in [0.2, 0.25) is 13.1 Å². The summed E-state index contributed by atoms with van der Waals surface area (Å²) >= 11 is 0. The van der Waals surface area contributed by atoms with Crippen molar-refractivity contribution in [3.8, 4) is 0 Å². The molecule has 0 fully saturated rings. The summed E-state index contributed by atoms with van der Waals surface area (Å²) in [5.74, 6) is 0. The largest absolute Gasteiger partial charge is 0.399 e. The van der Waals surface area contributed by atoms with Crippen molar-refractivity contribution in [2.75, 3.05) is 11.5 Å².